The average molecular weight is 255 g/mol. The first kappa shape index (κ1) is 12.4. The number of benzene rings is 1. The Hall–Kier alpha value is -1.61. The molecule has 0 radical (unpaired) electrons. The van der Waals surface area contributed by atoms with Crippen molar-refractivity contribution < 1.29 is 0 Å². The lowest BCUT2D eigenvalue weighted by Crippen LogP contribution is -2.12. The summed E-state index contributed by atoms with van der Waals surface area (Å²) in [6.45, 7) is 0. The Kier molecular flexibility index (Phi) is 3.38. The lowest BCUT2D eigenvalue weighted by molar-refractivity contribution is 0.613. The van der Waals surface area contributed by atoms with Crippen molar-refractivity contribution in [2.24, 2.45) is 12.8 Å². The molecule has 0 fully saturated rings. The number of aryl methyl sites for hydroxylation is 4. The smallest absolute Gasteiger partial charge is 0.0492 e. The summed E-state index contributed by atoms with van der Waals surface area (Å²) in [7, 11) is 1.98. The molecule has 2 aromatic rings. The fourth-order valence-electron chi connectivity index (χ4n) is 2.94. The van der Waals surface area contributed by atoms with E-state index in [2.05, 4.69) is 29.4 Å². The lowest BCUT2D eigenvalue weighted by atomic mass is 9.98. The fraction of sp³-hybridized carbons (Fsp3) is 0.438. The van der Waals surface area contributed by atoms with Gasteiger partial charge < -0.3 is 5.73 Å². The fourth-order valence-corrected chi connectivity index (χ4v) is 2.94. The van der Waals surface area contributed by atoms with Crippen molar-refractivity contribution in [3.05, 3.63) is 52.8 Å². The Bertz CT molecular complexity index is 571. The van der Waals surface area contributed by atoms with Gasteiger partial charge in [0.05, 0.1) is 0 Å². The van der Waals surface area contributed by atoms with Crippen LogP contribution < -0.4 is 5.73 Å². The summed E-state index contributed by atoms with van der Waals surface area (Å²) in [5, 5.41) is 4.19. The summed E-state index contributed by atoms with van der Waals surface area (Å²) in [6.07, 6.45) is 7.55. The van der Waals surface area contributed by atoms with Crippen molar-refractivity contribution in [2.45, 2.75) is 38.1 Å². The quantitative estimate of drug-likeness (QED) is 0.912. The molecular weight excluding hydrogens is 234 g/mol. The predicted octanol–water partition coefficient (Wildman–Crippen LogP) is 2.54. The van der Waals surface area contributed by atoms with E-state index in [1.807, 2.05) is 17.9 Å². The van der Waals surface area contributed by atoms with Crippen molar-refractivity contribution >= 4 is 0 Å². The van der Waals surface area contributed by atoms with E-state index in [0.29, 0.717) is 0 Å². The molecule has 1 aliphatic carbocycles. The van der Waals surface area contributed by atoms with Crippen LogP contribution in [0.15, 0.2) is 30.5 Å². The van der Waals surface area contributed by atoms with Gasteiger partial charge in [0.2, 0.25) is 0 Å². The summed E-state index contributed by atoms with van der Waals surface area (Å²) in [4.78, 5) is 0. The maximum absolute atomic E-state index is 6.33. The standard InChI is InChI=1S/C16H21N3/c1-19-15(9-10-18-19)7-8-16(17)14-6-5-12-3-2-4-13(12)11-14/h5-6,9-11,16H,2-4,7-8,17H2,1H3. The molecule has 0 saturated carbocycles. The minimum absolute atomic E-state index is 0.126. The van der Waals surface area contributed by atoms with E-state index in [-0.39, 0.29) is 6.04 Å². The van der Waals surface area contributed by atoms with Crippen LogP contribution in [0.2, 0.25) is 0 Å². The Morgan fingerprint density at radius 1 is 1.26 bits per heavy atom. The third kappa shape index (κ3) is 2.56. The van der Waals surface area contributed by atoms with Crippen molar-refractivity contribution in [3.8, 4) is 0 Å². The third-order valence-electron chi connectivity index (χ3n) is 4.18. The first-order valence-electron chi connectivity index (χ1n) is 7.08. The molecule has 0 saturated heterocycles. The summed E-state index contributed by atoms with van der Waals surface area (Å²) in [5.41, 5.74) is 11.9. The number of aromatic nitrogens is 2. The van der Waals surface area contributed by atoms with E-state index < -0.39 is 0 Å². The van der Waals surface area contributed by atoms with Crippen LogP contribution in [0.3, 0.4) is 0 Å². The highest BCUT2D eigenvalue weighted by atomic mass is 15.2. The molecule has 0 bridgehead atoms. The highest BCUT2D eigenvalue weighted by Crippen LogP contribution is 2.26. The van der Waals surface area contributed by atoms with E-state index >= 15 is 0 Å². The van der Waals surface area contributed by atoms with Crippen LogP contribution in [-0.2, 0) is 26.3 Å². The zero-order chi connectivity index (χ0) is 13.2. The number of rotatable bonds is 4. The van der Waals surface area contributed by atoms with Crippen LogP contribution in [0.25, 0.3) is 0 Å². The highest BCUT2D eigenvalue weighted by Gasteiger charge is 2.14. The second-order valence-electron chi connectivity index (χ2n) is 5.47. The monoisotopic (exact) mass is 255 g/mol. The van der Waals surface area contributed by atoms with Gasteiger partial charge in [-0.15, -0.1) is 0 Å². The van der Waals surface area contributed by atoms with Gasteiger partial charge in [0.1, 0.15) is 0 Å². The molecule has 0 aliphatic heterocycles. The van der Waals surface area contributed by atoms with Gasteiger partial charge >= 0.3 is 0 Å². The molecule has 100 valence electrons. The van der Waals surface area contributed by atoms with E-state index in [1.165, 1.54) is 41.6 Å². The first-order chi connectivity index (χ1) is 9.24. The second-order valence-corrected chi connectivity index (χ2v) is 5.47. The maximum atomic E-state index is 6.33. The lowest BCUT2D eigenvalue weighted by Gasteiger charge is -2.13. The second kappa shape index (κ2) is 5.17. The summed E-state index contributed by atoms with van der Waals surface area (Å²) in [6, 6.07) is 8.98. The van der Waals surface area contributed by atoms with Gasteiger partial charge in [-0.3, -0.25) is 4.68 Å². The number of fused-ring (bicyclic) bond motifs is 1. The predicted molar refractivity (Wildman–Crippen MR) is 76.9 cm³/mol. The molecular formula is C16H21N3. The van der Waals surface area contributed by atoms with E-state index in [9.17, 15) is 0 Å². The molecule has 1 aromatic carbocycles. The van der Waals surface area contributed by atoms with Crippen molar-refractivity contribution in [3.63, 3.8) is 0 Å². The molecule has 1 unspecified atom stereocenters. The van der Waals surface area contributed by atoms with Gasteiger partial charge in [0.25, 0.3) is 0 Å². The van der Waals surface area contributed by atoms with Gasteiger partial charge in [-0.25, -0.2) is 0 Å². The minimum atomic E-state index is 0.126. The van der Waals surface area contributed by atoms with E-state index in [1.54, 1.807) is 0 Å². The maximum Gasteiger partial charge on any atom is 0.0492 e. The average Bonchev–Trinajstić information content (AvgIpc) is 3.03. The van der Waals surface area contributed by atoms with Gasteiger partial charge in [0, 0.05) is 25.0 Å². The summed E-state index contributed by atoms with van der Waals surface area (Å²) >= 11 is 0. The molecule has 3 rings (SSSR count). The zero-order valence-corrected chi connectivity index (χ0v) is 11.5. The zero-order valence-electron chi connectivity index (χ0n) is 11.5. The first-order valence-corrected chi connectivity index (χ1v) is 7.08. The number of hydrogen-bond acceptors (Lipinski definition) is 2. The number of nitrogens with two attached hydrogens (primary N) is 1. The molecule has 0 amide bonds. The minimum Gasteiger partial charge on any atom is -0.324 e. The molecule has 0 spiro atoms. The summed E-state index contributed by atoms with van der Waals surface area (Å²) < 4.78 is 1.93. The Morgan fingerprint density at radius 3 is 2.89 bits per heavy atom. The van der Waals surface area contributed by atoms with Crippen LogP contribution in [0.4, 0.5) is 0 Å². The highest BCUT2D eigenvalue weighted by molar-refractivity contribution is 5.36. The van der Waals surface area contributed by atoms with Crippen molar-refractivity contribution in [2.75, 3.05) is 0 Å². The van der Waals surface area contributed by atoms with Crippen LogP contribution in [0.5, 0.6) is 0 Å². The Balaban J connectivity index is 1.67. The molecule has 3 nitrogen and oxygen atoms in total. The molecule has 2 N–H and O–H groups in total. The van der Waals surface area contributed by atoms with Gasteiger partial charge in [-0.1, -0.05) is 18.2 Å². The van der Waals surface area contributed by atoms with Crippen molar-refractivity contribution in [1.29, 1.82) is 0 Å². The normalized spacial score (nSPS) is 15.5. The van der Waals surface area contributed by atoms with Crippen molar-refractivity contribution in [1.82, 2.24) is 9.78 Å². The topological polar surface area (TPSA) is 43.8 Å². The van der Waals surface area contributed by atoms with Gasteiger partial charge in [-0.05, 0) is 54.9 Å². The van der Waals surface area contributed by atoms with E-state index in [0.717, 1.165) is 12.8 Å². The number of hydrogen-bond donors (Lipinski definition) is 1. The van der Waals surface area contributed by atoms with Crippen LogP contribution in [0.1, 0.15) is 41.3 Å². The van der Waals surface area contributed by atoms with Crippen LogP contribution in [0, 0.1) is 0 Å². The largest absolute Gasteiger partial charge is 0.324 e. The Morgan fingerprint density at radius 2 is 2.11 bits per heavy atom. The molecule has 1 aliphatic rings. The van der Waals surface area contributed by atoms with Gasteiger partial charge in [0.15, 0.2) is 0 Å². The van der Waals surface area contributed by atoms with E-state index in [4.69, 9.17) is 5.73 Å². The van der Waals surface area contributed by atoms with Crippen LogP contribution >= 0.6 is 0 Å². The molecule has 1 atom stereocenters. The summed E-state index contributed by atoms with van der Waals surface area (Å²) in [5.74, 6) is 0. The van der Waals surface area contributed by atoms with Gasteiger partial charge in [-0.2, -0.15) is 5.10 Å². The number of nitrogens with zero attached hydrogens (tertiary/aromatic N) is 2. The Labute approximate surface area is 114 Å². The molecule has 3 heteroatoms. The molecule has 19 heavy (non-hydrogen) atoms. The molecule has 1 aromatic heterocycles. The molecule has 1 heterocycles. The third-order valence-corrected chi connectivity index (χ3v) is 4.18. The SMILES string of the molecule is Cn1nccc1CCC(N)c1ccc2c(c1)CCC2. The van der Waals surface area contributed by atoms with Crippen LogP contribution in [-0.4, -0.2) is 9.78 Å².